The van der Waals surface area contributed by atoms with Crippen LogP contribution in [0.2, 0.25) is 0 Å². The molecule has 0 radical (unpaired) electrons. The summed E-state index contributed by atoms with van der Waals surface area (Å²) in [4.78, 5) is 2.56. The highest BCUT2D eigenvalue weighted by atomic mass is 15.2. The number of nitrogens with two attached hydrogens (primary N) is 1. The summed E-state index contributed by atoms with van der Waals surface area (Å²) in [5.41, 5.74) is 8.58. The fraction of sp³-hybridized carbons (Fsp3) is 0.400. The highest BCUT2D eigenvalue weighted by Gasteiger charge is 2.23. The molecule has 2 N–H and O–H groups in total. The summed E-state index contributed by atoms with van der Waals surface area (Å²) in [5.74, 6) is 0.484. The topological polar surface area (TPSA) is 29.3 Å². The predicted octanol–water partition coefficient (Wildman–Crippen LogP) is 4.41. The molecular formula is C20H28N2. The first-order chi connectivity index (χ1) is 10.6. The van der Waals surface area contributed by atoms with Crippen molar-refractivity contribution < 1.29 is 0 Å². The lowest BCUT2D eigenvalue weighted by Gasteiger charge is -2.37. The molecule has 0 amide bonds. The molecule has 2 aromatic carbocycles. The van der Waals surface area contributed by atoms with E-state index in [1.807, 2.05) is 0 Å². The van der Waals surface area contributed by atoms with E-state index in [0.717, 1.165) is 13.1 Å². The van der Waals surface area contributed by atoms with Crippen molar-refractivity contribution in [1.29, 1.82) is 0 Å². The van der Waals surface area contributed by atoms with Crippen LogP contribution in [0.3, 0.4) is 0 Å². The van der Waals surface area contributed by atoms with Gasteiger partial charge >= 0.3 is 0 Å². The average molecular weight is 296 g/mol. The third-order valence-corrected chi connectivity index (χ3v) is 4.48. The third kappa shape index (κ3) is 4.19. The molecule has 0 aliphatic heterocycles. The van der Waals surface area contributed by atoms with Gasteiger partial charge in [-0.2, -0.15) is 0 Å². The Morgan fingerprint density at radius 1 is 0.773 bits per heavy atom. The number of hydrogen-bond acceptors (Lipinski definition) is 2. The summed E-state index contributed by atoms with van der Waals surface area (Å²) in [5, 5.41) is 0. The highest BCUT2D eigenvalue weighted by Crippen LogP contribution is 2.30. The molecule has 0 aromatic heterocycles. The van der Waals surface area contributed by atoms with Gasteiger partial charge in [0.1, 0.15) is 0 Å². The van der Waals surface area contributed by atoms with Gasteiger partial charge in [-0.3, -0.25) is 4.90 Å². The van der Waals surface area contributed by atoms with E-state index in [1.54, 1.807) is 0 Å². The van der Waals surface area contributed by atoms with Gasteiger partial charge in [0, 0.05) is 18.6 Å². The Bertz CT molecular complexity index is 493. The van der Waals surface area contributed by atoms with Gasteiger partial charge in [0.05, 0.1) is 0 Å². The van der Waals surface area contributed by atoms with Crippen molar-refractivity contribution in [3.8, 4) is 0 Å². The van der Waals surface area contributed by atoms with E-state index in [9.17, 15) is 0 Å². The van der Waals surface area contributed by atoms with Gasteiger partial charge in [-0.05, 0) is 37.4 Å². The normalized spacial score (nSPS) is 15.5. The minimum Gasteiger partial charge on any atom is -0.330 e. The van der Waals surface area contributed by atoms with Crippen LogP contribution in [0.1, 0.15) is 44.0 Å². The van der Waals surface area contributed by atoms with Crippen LogP contribution in [-0.4, -0.2) is 18.0 Å². The zero-order valence-electron chi connectivity index (χ0n) is 13.9. The minimum atomic E-state index is 0.366. The van der Waals surface area contributed by atoms with Gasteiger partial charge in [-0.25, -0.2) is 0 Å². The molecule has 2 rings (SSSR count). The molecule has 2 aromatic rings. The first-order valence-corrected chi connectivity index (χ1v) is 8.19. The maximum atomic E-state index is 5.87. The summed E-state index contributed by atoms with van der Waals surface area (Å²) in [7, 11) is 0. The van der Waals surface area contributed by atoms with E-state index in [0.29, 0.717) is 18.0 Å². The Morgan fingerprint density at radius 2 is 1.18 bits per heavy atom. The largest absolute Gasteiger partial charge is 0.330 e. The van der Waals surface area contributed by atoms with Crippen LogP contribution in [0.4, 0.5) is 0 Å². The molecular weight excluding hydrogens is 268 g/mol. The van der Waals surface area contributed by atoms with Crippen molar-refractivity contribution in [2.24, 2.45) is 11.7 Å². The quantitative estimate of drug-likeness (QED) is 0.820. The van der Waals surface area contributed by atoms with Crippen molar-refractivity contribution in [2.75, 3.05) is 13.1 Å². The zero-order chi connectivity index (χ0) is 15.9. The first kappa shape index (κ1) is 16.7. The standard InChI is InChI=1S/C20H28N2/c1-16(14-21)15-22(17(2)19-10-6-4-7-11-19)18(3)20-12-8-5-9-13-20/h4-13,16-18H,14-15,21H2,1-3H3/t16?,17-,18-/m1/s1. The second-order valence-corrected chi connectivity index (χ2v) is 6.21. The molecule has 118 valence electrons. The lowest BCUT2D eigenvalue weighted by Crippen LogP contribution is -2.35. The van der Waals surface area contributed by atoms with Gasteiger partial charge in [-0.15, -0.1) is 0 Å². The van der Waals surface area contributed by atoms with Crippen LogP contribution in [0.5, 0.6) is 0 Å². The Kier molecular flexibility index (Phi) is 6.17. The first-order valence-electron chi connectivity index (χ1n) is 8.19. The van der Waals surface area contributed by atoms with E-state index in [2.05, 4.69) is 86.3 Å². The molecule has 2 nitrogen and oxygen atoms in total. The molecule has 0 fully saturated rings. The van der Waals surface area contributed by atoms with Crippen molar-refractivity contribution in [3.63, 3.8) is 0 Å². The second kappa shape index (κ2) is 8.11. The van der Waals surface area contributed by atoms with E-state index in [4.69, 9.17) is 5.73 Å². The van der Waals surface area contributed by atoms with Crippen LogP contribution < -0.4 is 5.73 Å². The monoisotopic (exact) mass is 296 g/mol. The lowest BCUT2D eigenvalue weighted by molar-refractivity contribution is 0.133. The summed E-state index contributed by atoms with van der Waals surface area (Å²) in [6.45, 7) is 8.53. The smallest absolute Gasteiger partial charge is 0.0326 e. The average Bonchev–Trinajstić information content (AvgIpc) is 2.59. The molecule has 0 bridgehead atoms. The summed E-state index contributed by atoms with van der Waals surface area (Å²) in [6, 6.07) is 22.2. The molecule has 0 saturated heterocycles. The van der Waals surface area contributed by atoms with Crippen molar-refractivity contribution in [2.45, 2.75) is 32.9 Å². The molecule has 0 saturated carbocycles. The zero-order valence-corrected chi connectivity index (χ0v) is 13.9. The summed E-state index contributed by atoms with van der Waals surface area (Å²) in [6.07, 6.45) is 0. The number of rotatable bonds is 7. The minimum absolute atomic E-state index is 0.366. The molecule has 0 heterocycles. The fourth-order valence-electron chi connectivity index (χ4n) is 2.93. The van der Waals surface area contributed by atoms with Gasteiger partial charge in [-0.1, -0.05) is 67.6 Å². The van der Waals surface area contributed by atoms with Gasteiger partial charge < -0.3 is 5.73 Å². The Labute approximate surface area is 135 Å². The van der Waals surface area contributed by atoms with Crippen LogP contribution >= 0.6 is 0 Å². The SMILES string of the molecule is CC(CN)CN([C@H](C)c1ccccc1)[C@H](C)c1ccccc1. The molecule has 1 unspecified atom stereocenters. The highest BCUT2D eigenvalue weighted by molar-refractivity contribution is 5.22. The van der Waals surface area contributed by atoms with Gasteiger partial charge in [0.15, 0.2) is 0 Å². The van der Waals surface area contributed by atoms with Gasteiger partial charge in [0.2, 0.25) is 0 Å². The van der Waals surface area contributed by atoms with Crippen molar-refractivity contribution in [1.82, 2.24) is 4.90 Å². The maximum absolute atomic E-state index is 5.87. The number of hydrogen-bond donors (Lipinski definition) is 1. The maximum Gasteiger partial charge on any atom is 0.0326 e. The van der Waals surface area contributed by atoms with E-state index < -0.39 is 0 Å². The van der Waals surface area contributed by atoms with Crippen LogP contribution in [0.25, 0.3) is 0 Å². The molecule has 0 aliphatic carbocycles. The fourth-order valence-corrected chi connectivity index (χ4v) is 2.93. The molecule has 0 spiro atoms. The van der Waals surface area contributed by atoms with Crippen LogP contribution in [-0.2, 0) is 0 Å². The third-order valence-electron chi connectivity index (χ3n) is 4.48. The van der Waals surface area contributed by atoms with Crippen molar-refractivity contribution >= 4 is 0 Å². The molecule has 22 heavy (non-hydrogen) atoms. The lowest BCUT2D eigenvalue weighted by atomic mass is 9.99. The molecule has 2 heteroatoms. The van der Waals surface area contributed by atoms with E-state index in [1.165, 1.54) is 11.1 Å². The van der Waals surface area contributed by atoms with Crippen LogP contribution in [0, 0.1) is 5.92 Å². The number of benzene rings is 2. The molecule has 0 aliphatic rings. The predicted molar refractivity (Wildman–Crippen MR) is 94.6 cm³/mol. The van der Waals surface area contributed by atoms with Crippen LogP contribution in [0.15, 0.2) is 60.7 Å². The van der Waals surface area contributed by atoms with E-state index >= 15 is 0 Å². The van der Waals surface area contributed by atoms with E-state index in [-0.39, 0.29) is 0 Å². The summed E-state index contributed by atoms with van der Waals surface area (Å²) >= 11 is 0. The number of nitrogens with zero attached hydrogens (tertiary/aromatic N) is 1. The Balaban J connectivity index is 2.26. The summed E-state index contributed by atoms with van der Waals surface area (Å²) < 4.78 is 0. The van der Waals surface area contributed by atoms with Gasteiger partial charge in [0.25, 0.3) is 0 Å². The Morgan fingerprint density at radius 3 is 1.55 bits per heavy atom. The van der Waals surface area contributed by atoms with Crippen molar-refractivity contribution in [3.05, 3.63) is 71.8 Å². The Hall–Kier alpha value is -1.64. The molecule has 3 atom stereocenters. The second-order valence-electron chi connectivity index (χ2n) is 6.21.